The number of benzene rings is 1. The van der Waals surface area contributed by atoms with Crippen LogP contribution in [0.2, 0.25) is 0 Å². The number of hydrogen-bond acceptors (Lipinski definition) is 4. The Morgan fingerprint density at radius 2 is 2.08 bits per heavy atom. The third-order valence-corrected chi connectivity index (χ3v) is 3.74. The maximum absolute atomic E-state index is 13.8. The first-order valence-electron chi connectivity index (χ1n) is 7.45. The van der Waals surface area contributed by atoms with E-state index >= 15 is 0 Å². The van der Waals surface area contributed by atoms with Gasteiger partial charge in [0.05, 0.1) is 24.8 Å². The first kappa shape index (κ1) is 17.6. The summed E-state index contributed by atoms with van der Waals surface area (Å²) in [5.74, 6) is -0.273. The van der Waals surface area contributed by atoms with Crippen LogP contribution < -0.4 is 15.2 Å². The molecule has 1 aromatic heterocycles. The molecule has 0 saturated heterocycles. The van der Waals surface area contributed by atoms with Crippen molar-refractivity contribution in [2.45, 2.75) is 20.1 Å². The summed E-state index contributed by atoms with van der Waals surface area (Å²) in [6.07, 6.45) is 1.23. The van der Waals surface area contributed by atoms with Gasteiger partial charge in [0.1, 0.15) is 6.54 Å². The molecule has 1 atom stereocenters. The minimum Gasteiger partial charge on any atom is -0.494 e. The molecule has 0 fully saturated rings. The van der Waals surface area contributed by atoms with E-state index in [4.69, 9.17) is 4.74 Å². The lowest BCUT2D eigenvalue weighted by Crippen LogP contribution is -3.09. The van der Waals surface area contributed by atoms with Gasteiger partial charge in [-0.2, -0.15) is 0 Å². The predicted octanol–water partition coefficient (Wildman–Crippen LogP) is 0.967. The summed E-state index contributed by atoms with van der Waals surface area (Å²) in [7, 11) is 1.40. The number of nitrogens with one attached hydrogen (secondary N) is 1. The van der Waals surface area contributed by atoms with Gasteiger partial charge in [0.25, 0.3) is 11.2 Å². The molecular formula is C16H19FN3O4+. The summed E-state index contributed by atoms with van der Waals surface area (Å²) in [6, 6.07) is 7.07. The standard InChI is InChI=1S/C16H18FN3O4/c1-3-18(9-12-4-6-15(24-2)14(17)8-12)11-19-10-13(20(22)23)5-7-16(19)21/h4-8,10H,3,9,11H2,1-2H3/p+1. The van der Waals surface area contributed by atoms with E-state index in [-0.39, 0.29) is 23.7 Å². The first-order valence-corrected chi connectivity index (χ1v) is 7.45. The van der Waals surface area contributed by atoms with Gasteiger partial charge in [-0.25, -0.2) is 4.39 Å². The molecule has 0 spiro atoms. The molecule has 24 heavy (non-hydrogen) atoms. The Labute approximate surface area is 138 Å². The molecule has 0 saturated carbocycles. The number of aromatic nitrogens is 1. The number of methoxy groups -OCH3 is 1. The number of hydrogen-bond donors (Lipinski definition) is 1. The highest BCUT2D eigenvalue weighted by molar-refractivity contribution is 5.28. The molecule has 0 aliphatic rings. The van der Waals surface area contributed by atoms with Gasteiger partial charge < -0.3 is 9.64 Å². The Bertz CT molecular complexity index is 791. The SMILES string of the molecule is CC[NH+](Cc1ccc(OC)c(F)c1)Cn1cc([N+](=O)[O-])ccc1=O. The van der Waals surface area contributed by atoms with Gasteiger partial charge in [-0.1, -0.05) is 0 Å². The number of nitro groups is 1. The van der Waals surface area contributed by atoms with E-state index in [2.05, 4.69) is 0 Å². The largest absolute Gasteiger partial charge is 0.494 e. The molecule has 1 heterocycles. The van der Waals surface area contributed by atoms with Crippen LogP contribution in [0, 0.1) is 15.9 Å². The molecule has 7 nitrogen and oxygen atoms in total. The Morgan fingerprint density at radius 1 is 1.33 bits per heavy atom. The molecule has 128 valence electrons. The van der Waals surface area contributed by atoms with Crippen molar-refractivity contribution in [3.8, 4) is 5.75 Å². The molecule has 2 aromatic rings. The van der Waals surface area contributed by atoms with E-state index in [1.807, 2.05) is 6.92 Å². The second-order valence-corrected chi connectivity index (χ2v) is 5.36. The number of nitrogens with zero attached hydrogens (tertiary/aromatic N) is 2. The van der Waals surface area contributed by atoms with Crippen molar-refractivity contribution < 1.29 is 19.0 Å². The van der Waals surface area contributed by atoms with Gasteiger partial charge in [0, 0.05) is 17.7 Å². The lowest BCUT2D eigenvalue weighted by molar-refractivity contribution is -0.934. The van der Waals surface area contributed by atoms with Gasteiger partial charge in [0.2, 0.25) is 0 Å². The normalized spacial score (nSPS) is 12.0. The van der Waals surface area contributed by atoms with Crippen LogP contribution in [0.1, 0.15) is 12.5 Å². The third kappa shape index (κ3) is 4.17. The fourth-order valence-corrected chi connectivity index (χ4v) is 2.39. The van der Waals surface area contributed by atoms with Crippen LogP contribution in [0.15, 0.2) is 41.3 Å². The van der Waals surface area contributed by atoms with E-state index in [1.165, 1.54) is 36.1 Å². The molecule has 0 amide bonds. The minimum atomic E-state index is -0.541. The number of quaternary nitrogens is 1. The van der Waals surface area contributed by atoms with Crippen LogP contribution in [-0.4, -0.2) is 23.1 Å². The van der Waals surface area contributed by atoms with Gasteiger partial charge in [0.15, 0.2) is 18.2 Å². The number of rotatable bonds is 7. The van der Waals surface area contributed by atoms with Crippen molar-refractivity contribution in [3.63, 3.8) is 0 Å². The van der Waals surface area contributed by atoms with Crippen LogP contribution in [-0.2, 0) is 13.2 Å². The maximum atomic E-state index is 13.8. The highest BCUT2D eigenvalue weighted by atomic mass is 19.1. The van der Waals surface area contributed by atoms with Crippen molar-refractivity contribution >= 4 is 5.69 Å². The van der Waals surface area contributed by atoms with Gasteiger partial charge >= 0.3 is 0 Å². The van der Waals surface area contributed by atoms with Crippen molar-refractivity contribution in [2.75, 3.05) is 13.7 Å². The highest BCUT2D eigenvalue weighted by Gasteiger charge is 2.14. The molecule has 0 bridgehead atoms. The summed E-state index contributed by atoms with van der Waals surface area (Å²) in [4.78, 5) is 23.1. The zero-order chi connectivity index (χ0) is 17.7. The van der Waals surface area contributed by atoms with Crippen LogP contribution >= 0.6 is 0 Å². The van der Waals surface area contributed by atoms with Gasteiger partial charge in [-0.15, -0.1) is 0 Å². The molecule has 0 aliphatic heterocycles. The van der Waals surface area contributed by atoms with E-state index in [0.29, 0.717) is 13.1 Å². The Hall–Kier alpha value is -2.74. The number of pyridine rings is 1. The van der Waals surface area contributed by atoms with E-state index in [1.54, 1.807) is 12.1 Å². The van der Waals surface area contributed by atoms with E-state index in [0.717, 1.165) is 10.5 Å². The molecule has 8 heteroatoms. The minimum absolute atomic E-state index is 0.138. The van der Waals surface area contributed by atoms with E-state index in [9.17, 15) is 19.3 Å². The Kier molecular flexibility index (Phi) is 5.64. The number of halogens is 1. The van der Waals surface area contributed by atoms with Gasteiger partial charge in [-0.3, -0.25) is 19.5 Å². The summed E-state index contributed by atoms with van der Waals surface area (Å²) in [5, 5.41) is 10.8. The molecule has 1 aromatic carbocycles. The Morgan fingerprint density at radius 3 is 2.67 bits per heavy atom. The molecule has 2 rings (SSSR count). The molecule has 1 unspecified atom stereocenters. The summed E-state index contributed by atoms with van der Waals surface area (Å²) in [5.41, 5.74) is 0.302. The van der Waals surface area contributed by atoms with E-state index < -0.39 is 10.7 Å². The average Bonchev–Trinajstić information content (AvgIpc) is 2.56. The second-order valence-electron chi connectivity index (χ2n) is 5.36. The van der Waals surface area contributed by atoms with Crippen LogP contribution in [0.5, 0.6) is 5.75 Å². The predicted molar refractivity (Wildman–Crippen MR) is 85.5 cm³/mol. The monoisotopic (exact) mass is 336 g/mol. The van der Waals surface area contributed by atoms with Crippen molar-refractivity contribution in [1.29, 1.82) is 0 Å². The summed E-state index contributed by atoms with van der Waals surface area (Å²) < 4.78 is 20.0. The van der Waals surface area contributed by atoms with Crippen molar-refractivity contribution in [3.05, 3.63) is 68.4 Å². The van der Waals surface area contributed by atoms with Crippen LogP contribution in [0.3, 0.4) is 0 Å². The molecule has 1 N–H and O–H groups in total. The molecule has 0 aliphatic carbocycles. The maximum Gasteiger partial charge on any atom is 0.285 e. The quantitative estimate of drug-likeness (QED) is 0.603. The van der Waals surface area contributed by atoms with Crippen LogP contribution in [0.25, 0.3) is 0 Å². The summed E-state index contributed by atoms with van der Waals surface area (Å²) in [6.45, 7) is 3.33. The van der Waals surface area contributed by atoms with Gasteiger partial charge in [-0.05, 0) is 25.1 Å². The van der Waals surface area contributed by atoms with Crippen molar-refractivity contribution in [1.82, 2.24) is 4.57 Å². The number of ether oxygens (including phenoxy) is 1. The molecule has 0 radical (unpaired) electrons. The fraction of sp³-hybridized carbons (Fsp3) is 0.312. The zero-order valence-electron chi connectivity index (χ0n) is 13.5. The zero-order valence-corrected chi connectivity index (χ0v) is 13.5. The summed E-state index contributed by atoms with van der Waals surface area (Å²) >= 11 is 0. The highest BCUT2D eigenvalue weighted by Crippen LogP contribution is 2.17. The van der Waals surface area contributed by atoms with Crippen LogP contribution in [0.4, 0.5) is 10.1 Å². The third-order valence-electron chi connectivity index (χ3n) is 3.74. The Balaban J connectivity index is 2.18. The average molecular weight is 336 g/mol. The second kappa shape index (κ2) is 7.69. The van der Waals surface area contributed by atoms with Crippen molar-refractivity contribution in [2.24, 2.45) is 0 Å². The topological polar surface area (TPSA) is 78.8 Å². The smallest absolute Gasteiger partial charge is 0.285 e. The molecular weight excluding hydrogens is 317 g/mol. The fourth-order valence-electron chi connectivity index (χ4n) is 2.39. The lowest BCUT2D eigenvalue weighted by atomic mass is 10.2. The first-order chi connectivity index (χ1) is 11.4. The lowest BCUT2D eigenvalue weighted by Gasteiger charge is -2.19.